The zero-order chi connectivity index (χ0) is 18.6. The van der Waals surface area contributed by atoms with Gasteiger partial charge in [-0.3, -0.25) is 14.2 Å². The van der Waals surface area contributed by atoms with Crippen LogP contribution < -0.4 is 5.56 Å². The lowest BCUT2D eigenvalue weighted by Gasteiger charge is -2.21. The first-order valence-corrected chi connectivity index (χ1v) is 9.90. The summed E-state index contributed by atoms with van der Waals surface area (Å²) in [6.45, 7) is 11.4. The highest BCUT2D eigenvalue weighted by Crippen LogP contribution is 2.21. The van der Waals surface area contributed by atoms with Gasteiger partial charge in [0.15, 0.2) is 5.16 Å². The molecule has 2 aromatic rings. The molecule has 2 heterocycles. The van der Waals surface area contributed by atoms with Crippen molar-refractivity contribution in [2.45, 2.75) is 58.7 Å². The number of carbonyl (C=O) groups excluding carboxylic acids is 1. The van der Waals surface area contributed by atoms with Crippen LogP contribution in [0, 0.1) is 6.92 Å². The molecule has 0 saturated heterocycles. The summed E-state index contributed by atoms with van der Waals surface area (Å²) >= 11 is 1.35. The van der Waals surface area contributed by atoms with Gasteiger partial charge in [0.2, 0.25) is 5.91 Å². The number of hydrogen-bond acceptors (Lipinski definition) is 4. The number of thioether (sulfide) groups is 1. The third-order valence-electron chi connectivity index (χ3n) is 4.14. The summed E-state index contributed by atoms with van der Waals surface area (Å²) < 4.78 is 1.67. The molecule has 2 aromatic heterocycles. The molecule has 2 rings (SSSR count). The number of H-pyrrole nitrogens is 1. The standard InChI is InChI=1S/C18H28N4O2S/c1-6-8-9-21(7-2)15(23)11-25-18-20-14-10-13(5)19-16(14)17(24)22(18)12(3)4/h10,12,19H,6-9,11H2,1-5H3. The summed E-state index contributed by atoms with van der Waals surface area (Å²) in [5.41, 5.74) is 2.01. The van der Waals surface area contributed by atoms with Crippen molar-refractivity contribution < 1.29 is 4.79 Å². The van der Waals surface area contributed by atoms with Crippen LogP contribution in [0.15, 0.2) is 16.0 Å². The Morgan fingerprint density at radius 3 is 2.72 bits per heavy atom. The smallest absolute Gasteiger partial charge is 0.278 e. The molecule has 25 heavy (non-hydrogen) atoms. The second-order valence-corrected chi connectivity index (χ2v) is 7.43. The minimum Gasteiger partial charge on any atom is -0.353 e. The zero-order valence-corrected chi connectivity index (χ0v) is 16.6. The Balaban J connectivity index is 2.26. The van der Waals surface area contributed by atoms with Crippen molar-refractivity contribution >= 4 is 28.7 Å². The van der Waals surface area contributed by atoms with Crippen LogP contribution in [-0.4, -0.2) is 44.2 Å². The molecule has 0 aliphatic heterocycles. The maximum Gasteiger partial charge on any atom is 0.278 e. The highest BCUT2D eigenvalue weighted by atomic mass is 32.2. The summed E-state index contributed by atoms with van der Waals surface area (Å²) in [7, 11) is 0. The van der Waals surface area contributed by atoms with Crippen LogP contribution in [0.3, 0.4) is 0 Å². The number of fused-ring (bicyclic) bond motifs is 1. The molecule has 138 valence electrons. The van der Waals surface area contributed by atoms with Gasteiger partial charge >= 0.3 is 0 Å². The lowest BCUT2D eigenvalue weighted by Crippen LogP contribution is -2.33. The molecule has 0 atom stereocenters. The molecule has 0 aromatic carbocycles. The Hall–Kier alpha value is -1.76. The predicted octanol–water partition coefficient (Wildman–Crippen LogP) is 3.35. The van der Waals surface area contributed by atoms with Crippen LogP contribution in [-0.2, 0) is 4.79 Å². The Morgan fingerprint density at radius 1 is 1.40 bits per heavy atom. The van der Waals surface area contributed by atoms with E-state index in [4.69, 9.17) is 0 Å². The van der Waals surface area contributed by atoms with E-state index in [-0.39, 0.29) is 17.5 Å². The van der Waals surface area contributed by atoms with Gasteiger partial charge in [-0.05, 0) is 40.2 Å². The number of nitrogens with zero attached hydrogens (tertiary/aromatic N) is 3. The first kappa shape index (κ1) is 19.6. The van der Waals surface area contributed by atoms with Crippen molar-refractivity contribution in [1.82, 2.24) is 19.4 Å². The van der Waals surface area contributed by atoms with E-state index in [0.717, 1.165) is 25.1 Å². The molecule has 0 aliphatic carbocycles. The maximum absolute atomic E-state index is 12.8. The number of aryl methyl sites for hydroxylation is 1. The summed E-state index contributed by atoms with van der Waals surface area (Å²) in [6.07, 6.45) is 2.07. The molecule has 6 nitrogen and oxygen atoms in total. The molecule has 0 fully saturated rings. The molecular formula is C18H28N4O2S. The Morgan fingerprint density at radius 2 is 2.12 bits per heavy atom. The number of amides is 1. The van der Waals surface area contributed by atoms with Gasteiger partial charge in [0, 0.05) is 24.8 Å². The molecule has 0 bridgehead atoms. The van der Waals surface area contributed by atoms with Crippen LogP contribution in [0.1, 0.15) is 52.3 Å². The van der Waals surface area contributed by atoms with Gasteiger partial charge < -0.3 is 9.88 Å². The zero-order valence-electron chi connectivity index (χ0n) is 15.8. The van der Waals surface area contributed by atoms with E-state index in [0.29, 0.717) is 28.5 Å². The van der Waals surface area contributed by atoms with E-state index in [1.807, 2.05) is 38.7 Å². The average molecular weight is 365 g/mol. The number of unbranched alkanes of at least 4 members (excludes halogenated alkanes) is 1. The Labute approximate surface area is 153 Å². The van der Waals surface area contributed by atoms with Gasteiger partial charge in [-0.25, -0.2) is 4.98 Å². The number of aromatic amines is 1. The first-order valence-electron chi connectivity index (χ1n) is 8.91. The normalized spacial score (nSPS) is 11.4. The predicted molar refractivity (Wildman–Crippen MR) is 103 cm³/mol. The molecule has 0 spiro atoms. The van der Waals surface area contributed by atoms with Gasteiger partial charge in [0.05, 0.1) is 11.3 Å². The van der Waals surface area contributed by atoms with Crippen LogP contribution >= 0.6 is 11.8 Å². The minimum absolute atomic E-state index is 0.0204. The van der Waals surface area contributed by atoms with Crippen molar-refractivity contribution in [3.63, 3.8) is 0 Å². The minimum atomic E-state index is -0.0821. The second-order valence-electron chi connectivity index (χ2n) is 6.49. The number of aromatic nitrogens is 3. The first-order chi connectivity index (χ1) is 11.9. The quantitative estimate of drug-likeness (QED) is 0.576. The lowest BCUT2D eigenvalue weighted by molar-refractivity contribution is -0.128. The van der Waals surface area contributed by atoms with Crippen LogP contribution in [0.25, 0.3) is 11.0 Å². The van der Waals surface area contributed by atoms with E-state index >= 15 is 0 Å². The van der Waals surface area contributed by atoms with Crippen LogP contribution in [0.5, 0.6) is 0 Å². The number of rotatable bonds is 8. The fourth-order valence-corrected chi connectivity index (χ4v) is 3.80. The number of nitrogens with one attached hydrogen (secondary N) is 1. The Kier molecular flexibility index (Phi) is 6.70. The van der Waals surface area contributed by atoms with E-state index in [1.54, 1.807) is 4.57 Å². The van der Waals surface area contributed by atoms with Crippen molar-refractivity contribution in [2.24, 2.45) is 0 Å². The maximum atomic E-state index is 12.8. The molecule has 0 radical (unpaired) electrons. The van der Waals surface area contributed by atoms with Crippen molar-refractivity contribution in [1.29, 1.82) is 0 Å². The van der Waals surface area contributed by atoms with Gasteiger partial charge in [-0.2, -0.15) is 0 Å². The van der Waals surface area contributed by atoms with Gasteiger partial charge in [0.1, 0.15) is 5.52 Å². The van der Waals surface area contributed by atoms with E-state index in [1.165, 1.54) is 11.8 Å². The molecule has 0 aliphatic rings. The molecular weight excluding hydrogens is 336 g/mol. The average Bonchev–Trinajstić information content (AvgIpc) is 2.94. The van der Waals surface area contributed by atoms with Crippen molar-refractivity contribution in [3.05, 3.63) is 22.1 Å². The fraction of sp³-hybridized carbons (Fsp3) is 0.611. The summed E-state index contributed by atoms with van der Waals surface area (Å²) in [5.74, 6) is 0.391. The van der Waals surface area contributed by atoms with Crippen molar-refractivity contribution in [3.8, 4) is 0 Å². The fourth-order valence-electron chi connectivity index (χ4n) is 2.77. The second kappa shape index (κ2) is 8.56. The summed E-state index contributed by atoms with van der Waals surface area (Å²) in [4.78, 5) is 34.8. The van der Waals surface area contributed by atoms with E-state index in [9.17, 15) is 9.59 Å². The highest BCUT2D eigenvalue weighted by Gasteiger charge is 2.18. The molecule has 0 saturated carbocycles. The number of hydrogen-bond donors (Lipinski definition) is 1. The summed E-state index contributed by atoms with van der Waals surface area (Å²) in [6, 6.07) is 1.85. The highest BCUT2D eigenvalue weighted by molar-refractivity contribution is 7.99. The van der Waals surface area contributed by atoms with Gasteiger partial charge in [0.25, 0.3) is 5.56 Å². The Bertz CT molecular complexity index is 794. The van der Waals surface area contributed by atoms with Crippen LogP contribution in [0.2, 0.25) is 0 Å². The third-order valence-corrected chi connectivity index (χ3v) is 5.08. The van der Waals surface area contributed by atoms with Gasteiger partial charge in [-0.15, -0.1) is 0 Å². The molecule has 7 heteroatoms. The molecule has 1 N–H and O–H groups in total. The summed E-state index contributed by atoms with van der Waals surface area (Å²) in [5, 5.41) is 0.603. The topological polar surface area (TPSA) is 71.0 Å². The third kappa shape index (κ3) is 4.45. The van der Waals surface area contributed by atoms with Gasteiger partial charge in [-0.1, -0.05) is 25.1 Å². The van der Waals surface area contributed by atoms with E-state index < -0.39 is 0 Å². The SMILES string of the molecule is CCCCN(CC)C(=O)CSc1nc2cc(C)[nH]c2c(=O)n1C(C)C. The monoisotopic (exact) mass is 364 g/mol. The molecule has 1 amide bonds. The number of carbonyl (C=O) groups is 1. The lowest BCUT2D eigenvalue weighted by atomic mass is 10.3. The largest absolute Gasteiger partial charge is 0.353 e. The van der Waals surface area contributed by atoms with E-state index in [2.05, 4.69) is 16.9 Å². The van der Waals surface area contributed by atoms with Crippen molar-refractivity contribution in [2.75, 3.05) is 18.8 Å². The molecule has 0 unspecified atom stereocenters. The van der Waals surface area contributed by atoms with Crippen LogP contribution in [0.4, 0.5) is 0 Å².